The number of ether oxygens (including phenoxy) is 3. The summed E-state index contributed by atoms with van der Waals surface area (Å²) in [7, 11) is 1.28. The van der Waals surface area contributed by atoms with Crippen LogP contribution in [0.2, 0.25) is 0 Å². The maximum Gasteiger partial charge on any atom is 0.573 e. The molecule has 0 heterocycles. The first-order valence-electron chi connectivity index (χ1n) is 7.64. The Hall–Kier alpha value is -3.30. The van der Waals surface area contributed by atoms with E-state index in [1.807, 2.05) is 0 Å². The van der Waals surface area contributed by atoms with E-state index < -0.39 is 24.6 Å². The van der Waals surface area contributed by atoms with Crippen LogP contribution in [-0.2, 0) is 4.79 Å². The van der Waals surface area contributed by atoms with Crippen LogP contribution >= 0.6 is 0 Å². The minimum absolute atomic E-state index is 0.0584. The summed E-state index contributed by atoms with van der Waals surface area (Å²) in [6, 6.07) is 8.69. The van der Waals surface area contributed by atoms with Crippen LogP contribution < -0.4 is 19.5 Å². The molecule has 0 saturated carbocycles. The number of amides is 1. The number of hydrogen-bond donors (Lipinski definition) is 1. The first kappa shape index (κ1) is 21.0. The van der Waals surface area contributed by atoms with Crippen LogP contribution in [-0.4, -0.2) is 26.0 Å². The summed E-state index contributed by atoms with van der Waals surface area (Å²) in [6.07, 6.45) is -2.25. The van der Waals surface area contributed by atoms with Gasteiger partial charge in [0, 0.05) is 11.8 Å². The Labute approximate surface area is 156 Å². The fourth-order valence-electron chi connectivity index (χ4n) is 2.08. The normalized spacial score (nSPS) is 11.5. The molecule has 28 heavy (non-hydrogen) atoms. The van der Waals surface area contributed by atoms with E-state index in [1.54, 1.807) is 0 Å². The second-order valence-electron chi connectivity index (χ2n) is 5.18. The van der Waals surface area contributed by atoms with Crippen molar-refractivity contribution in [1.29, 1.82) is 0 Å². The molecule has 5 nitrogen and oxygen atoms in total. The van der Waals surface area contributed by atoms with E-state index in [4.69, 9.17) is 4.74 Å². The van der Waals surface area contributed by atoms with Crippen molar-refractivity contribution < 1.29 is 41.0 Å². The molecule has 0 radical (unpaired) electrons. The zero-order chi connectivity index (χ0) is 20.7. The summed E-state index contributed by atoms with van der Waals surface area (Å²) in [5.41, 5.74) is 0.727. The minimum atomic E-state index is -4.80. The summed E-state index contributed by atoms with van der Waals surface area (Å²) < 4.78 is 73.9. The lowest BCUT2D eigenvalue weighted by molar-refractivity contribution is -0.274. The number of nitrogens with one attached hydrogen (secondary N) is 1. The molecule has 2 aromatic carbocycles. The molecule has 0 bridgehead atoms. The van der Waals surface area contributed by atoms with Gasteiger partial charge in [0.2, 0.25) is 5.91 Å². The molecule has 0 aliphatic heterocycles. The third-order valence-corrected chi connectivity index (χ3v) is 3.19. The first-order chi connectivity index (χ1) is 13.2. The fraction of sp³-hybridized carbons (Fsp3) is 0.167. The van der Waals surface area contributed by atoms with Crippen LogP contribution in [0.5, 0.6) is 17.2 Å². The van der Waals surface area contributed by atoms with Gasteiger partial charge in [0.25, 0.3) is 0 Å². The van der Waals surface area contributed by atoms with Crippen molar-refractivity contribution in [1.82, 2.24) is 0 Å². The highest BCUT2D eigenvalue weighted by atomic mass is 19.4. The highest BCUT2D eigenvalue weighted by molar-refractivity contribution is 6.01. The first-order valence-corrected chi connectivity index (χ1v) is 7.64. The van der Waals surface area contributed by atoms with E-state index in [2.05, 4.69) is 14.8 Å². The van der Waals surface area contributed by atoms with Crippen molar-refractivity contribution in [2.24, 2.45) is 0 Å². The van der Waals surface area contributed by atoms with Crippen molar-refractivity contribution >= 4 is 17.7 Å². The maximum absolute atomic E-state index is 12.3. The number of hydrogen-bond acceptors (Lipinski definition) is 4. The number of halogens is 5. The van der Waals surface area contributed by atoms with Gasteiger partial charge in [0.15, 0.2) is 11.5 Å². The van der Waals surface area contributed by atoms with Crippen LogP contribution in [0, 0.1) is 0 Å². The van der Waals surface area contributed by atoms with Gasteiger partial charge in [-0.15, -0.1) is 13.2 Å². The zero-order valence-electron chi connectivity index (χ0n) is 14.3. The number of methoxy groups -OCH3 is 1. The number of alkyl halides is 5. The molecule has 1 amide bonds. The van der Waals surface area contributed by atoms with Gasteiger partial charge in [-0.25, -0.2) is 0 Å². The van der Waals surface area contributed by atoms with Gasteiger partial charge in [-0.1, -0.05) is 6.07 Å². The van der Waals surface area contributed by atoms with Gasteiger partial charge in [0.1, 0.15) is 5.75 Å². The third-order valence-electron chi connectivity index (χ3n) is 3.19. The number of carbonyl (C=O) groups excluding carboxylic acids is 1. The highest BCUT2D eigenvalue weighted by Gasteiger charge is 2.30. The van der Waals surface area contributed by atoms with Gasteiger partial charge >= 0.3 is 13.0 Å². The quantitative estimate of drug-likeness (QED) is 0.531. The molecule has 0 atom stereocenters. The van der Waals surface area contributed by atoms with Gasteiger partial charge in [-0.3, -0.25) is 4.79 Å². The van der Waals surface area contributed by atoms with E-state index >= 15 is 0 Å². The topological polar surface area (TPSA) is 56.8 Å². The molecule has 0 unspecified atom stereocenters. The second-order valence-corrected chi connectivity index (χ2v) is 5.18. The molecule has 0 fully saturated rings. The van der Waals surface area contributed by atoms with Crippen molar-refractivity contribution in [3.8, 4) is 17.2 Å². The molecular weight excluding hydrogens is 389 g/mol. The Morgan fingerprint density at radius 1 is 1.07 bits per heavy atom. The Morgan fingerprint density at radius 2 is 1.75 bits per heavy atom. The van der Waals surface area contributed by atoms with Crippen molar-refractivity contribution in [3.05, 3.63) is 54.1 Å². The minimum Gasteiger partial charge on any atom is -0.493 e. The largest absolute Gasteiger partial charge is 0.573 e. The lowest BCUT2D eigenvalue weighted by atomic mass is 10.2. The summed E-state index contributed by atoms with van der Waals surface area (Å²) in [4.78, 5) is 11.9. The van der Waals surface area contributed by atoms with E-state index in [0.717, 1.165) is 18.2 Å². The second kappa shape index (κ2) is 9.07. The van der Waals surface area contributed by atoms with Crippen LogP contribution in [0.15, 0.2) is 48.5 Å². The molecule has 0 aliphatic rings. The zero-order valence-corrected chi connectivity index (χ0v) is 14.3. The van der Waals surface area contributed by atoms with E-state index in [9.17, 15) is 26.7 Å². The molecule has 1 N–H and O–H groups in total. The van der Waals surface area contributed by atoms with E-state index in [0.29, 0.717) is 5.56 Å². The van der Waals surface area contributed by atoms with Gasteiger partial charge in [0.05, 0.1) is 7.11 Å². The predicted molar refractivity (Wildman–Crippen MR) is 90.4 cm³/mol. The average Bonchev–Trinajstić information content (AvgIpc) is 2.61. The molecule has 0 spiro atoms. The number of benzene rings is 2. The standard InChI is InChI=1S/C18H14F5NO4/c1-26-15-10-11(2-8-14(15)27-17(19)20)3-9-16(25)24-12-4-6-13(7-5-12)28-18(21,22)23/h2-10,17H,1H3,(H,24,25). The number of rotatable bonds is 7. The smallest absolute Gasteiger partial charge is 0.493 e. The summed E-state index contributed by atoms with van der Waals surface area (Å²) in [5.74, 6) is -1.07. The molecule has 2 rings (SSSR count). The molecule has 0 aliphatic carbocycles. The highest BCUT2D eigenvalue weighted by Crippen LogP contribution is 2.30. The molecule has 0 saturated heterocycles. The van der Waals surface area contributed by atoms with Crippen LogP contribution in [0.1, 0.15) is 5.56 Å². The predicted octanol–water partition coefficient (Wildman–Crippen LogP) is 4.85. The Bertz CT molecular complexity index is 835. The SMILES string of the molecule is COc1cc(C=CC(=O)Nc2ccc(OC(F)(F)F)cc2)ccc1OC(F)F. The van der Waals surface area contributed by atoms with Crippen molar-refractivity contribution in [3.63, 3.8) is 0 Å². The summed E-state index contributed by atoms with van der Waals surface area (Å²) in [5, 5.41) is 2.45. The Balaban J connectivity index is 1.99. The van der Waals surface area contributed by atoms with Crippen molar-refractivity contribution in [2.75, 3.05) is 12.4 Å². The molecule has 150 valence electrons. The van der Waals surface area contributed by atoms with Crippen molar-refractivity contribution in [2.45, 2.75) is 13.0 Å². The molecule has 10 heteroatoms. The summed E-state index contributed by atoms with van der Waals surface area (Å²) in [6.45, 7) is -3.01. The van der Waals surface area contributed by atoms with Crippen LogP contribution in [0.25, 0.3) is 6.08 Å². The molecular formula is C18H14F5NO4. The Morgan fingerprint density at radius 3 is 2.32 bits per heavy atom. The fourth-order valence-corrected chi connectivity index (χ4v) is 2.08. The lowest BCUT2D eigenvalue weighted by Gasteiger charge is -2.10. The summed E-state index contributed by atoms with van der Waals surface area (Å²) >= 11 is 0. The van der Waals surface area contributed by atoms with Crippen LogP contribution in [0.3, 0.4) is 0 Å². The molecule has 2 aromatic rings. The van der Waals surface area contributed by atoms with E-state index in [-0.39, 0.29) is 17.2 Å². The number of anilines is 1. The number of carbonyl (C=O) groups is 1. The maximum atomic E-state index is 12.3. The van der Waals surface area contributed by atoms with Crippen LogP contribution in [0.4, 0.5) is 27.6 Å². The Kier molecular flexibility index (Phi) is 6.80. The molecule has 0 aromatic heterocycles. The van der Waals surface area contributed by atoms with Gasteiger partial charge in [-0.2, -0.15) is 8.78 Å². The third kappa shape index (κ3) is 6.78. The van der Waals surface area contributed by atoms with Gasteiger partial charge < -0.3 is 19.5 Å². The monoisotopic (exact) mass is 403 g/mol. The van der Waals surface area contributed by atoms with E-state index in [1.165, 1.54) is 43.5 Å². The average molecular weight is 403 g/mol. The van der Waals surface area contributed by atoms with Gasteiger partial charge in [-0.05, 0) is 48.0 Å². The lowest BCUT2D eigenvalue weighted by Crippen LogP contribution is -2.17.